The minimum absolute atomic E-state index is 0.162. The summed E-state index contributed by atoms with van der Waals surface area (Å²) in [7, 11) is 0. The molecule has 0 bridgehead atoms. The third-order valence-electron chi connectivity index (χ3n) is 5.89. The van der Waals surface area contributed by atoms with Crippen molar-refractivity contribution in [3.8, 4) is 0 Å². The first-order valence-corrected chi connectivity index (χ1v) is 8.99. The Hall–Kier alpha value is -2.76. The van der Waals surface area contributed by atoms with Gasteiger partial charge >= 0.3 is 0 Å². The number of nitrogens with zero attached hydrogens (tertiary/aromatic N) is 2. The van der Waals surface area contributed by atoms with E-state index in [0.717, 1.165) is 12.8 Å². The maximum Gasteiger partial charge on any atom is 0.288 e. The number of aryl methyl sites for hydroxylation is 2. The molecule has 0 saturated heterocycles. The van der Waals surface area contributed by atoms with Crippen molar-refractivity contribution in [3.63, 3.8) is 0 Å². The molecule has 0 unspecified atom stereocenters. The first-order valence-electron chi connectivity index (χ1n) is 8.99. The van der Waals surface area contributed by atoms with Crippen molar-refractivity contribution >= 4 is 11.6 Å². The van der Waals surface area contributed by atoms with Gasteiger partial charge in [0.05, 0.1) is 16.2 Å². The summed E-state index contributed by atoms with van der Waals surface area (Å²) in [5.74, 6) is 0.143. The predicted octanol–water partition coefficient (Wildman–Crippen LogP) is 3.32. The van der Waals surface area contributed by atoms with Gasteiger partial charge in [-0.3, -0.25) is 19.9 Å². The molecule has 0 aliphatic heterocycles. The second-order valence-corrected chi connectivity index (χ2v) is 7.36. The monoisotopic (exact) mass is 351 g/mol. The second-order valence-electron chi connectivity index (χ2n) is 7.36. The van der Waals surface area contributed by atoms with Crippen LogP contribution < -0.4 is 5.32 Å². The van der Waals surface area contributed by atoms with Gasteiger partial charge in [-0.2, -0.15) is 0 Å². The first kappa shape index (κ1) is 16.7. The Labute approximate surface area is 151 Å². The number of benzene rings is 1. The summed E-state index contributed by atoms with van der Waals surface area (Å²) in [6, 6.07) is 9.93. The van der Waals surface area contributed by atoms with Crippen molar-refractivity contribution in [2.45, 2.75) is 38.0 Å². The molecule has 1 N–H and O–H groups in total. The van der Waals surface area contributed by atoms with Crippen LogP contribution in [0.2, 0.25) is 0 Å². The number of fused-ring (bicyclic) bond motifs is 2. The Balaban J connectivity index is 1.46. The van der Waals surface area contributed by atoms with E-state index in [1.54, 1.807) is 6.92 Å². The Bertz CT molecular complexity index is 896. The van der Waals surface area contributed by atoms with Crippen molar-refractivity contribution in [2.24, 2.45) is 5.92 Å². The molecule has 1 fully saturated rings. The van der Waals surface area contributed by atoms with Crippen molar-refractivity contribution < 1.29 is 9.72 Å². The molecule has 1 aromatic carbocycles. The molecule has 1 amide bonds. The highest BCUT2D eigenvalue weighted by atomic mass is 16.6. The summed E-state index contributed by atoms with van der Waals surface area (Å²) in [5.41, 5.74) is 3.70. The standard InChI is InChI=1S/C20H21N3O3/c1-13-17(9-16(12-21-13)23(25)26)19(24)22-11-15-10-20(15)8-4-6-14-5-2-3-7-18(14)20/h2-3,5,7,9,12,15H,4,6,8,10-11H2,1H3,(H,22,24)/t15-,20+/m1/s1. The number of rotatable bonds is 4. The Kier molecular flexibility index (Phi) is 3.98. The average Bonchev–Trinajstić information content (AvgIpc) is 3.33. The smallest absolute Gasteiger partial charge is 0.288 e. The van der Waals surface area contributed by atoms with Crippen LogP contribution in [0.5, 0.6) is 0 Å². The van der Waals surface area contributed by atoms with Gasteiger partial charge in [-0.25, -0.2) is 0 Å². The van der Waals surface area contributed by atoms with Crippen molar-refractivity contribution in [1.82, 2.24) is 10.3 Å². The Morgan fingerprint density at radius 2 is 2.23 bits per heavy atom. The molecule has 1 saturated carbocycles. The van der Waals surface area contributed by atoms with E-state index < -0.39 is 4.92 Å². The molecule has 26 heavy (non-hydrogen) atoms. The highest BCUT2D eigenvalue weighted by Gasteiger charge is 2.56. The number of pyridine rings is 1. The lowest BCUT2D eigenvalue weighted by Crippen LogP contribution is -2.29. The second kappa shape index (κ2) is 6.20. The van der Waals surface area contributed by atoms with Crippen LogP contribution in [0.15, 0.2) is 36.5 Å². The molecule has 1 spiro atoms. The largest absolute Gasteiger partial charge is 0.352 e. The Morgan fingerprint density at radius 1 is 1.42 bits per heavy atom. The van der Waals surface area contributed by atoms with E-state index in [0.29, 0.717) is 18.2 Å². The number of nitro groups is 1. The maximum absolute atomic E-state index is 12.5. The molecular weight excluding hydrogens is 330 g/mol. The normalized spacial score (nSPS) is 23.3. The van der Waals surface area contributed by atoms with Gasteiger partial charge < -0.3 is 5.32 Å². The van der Waals surface area contributed by atoms with Gasteiger partial charge in [0.1, 0.15) is 6.20 Å². The number of carbonyl (C=O) groups is 1. The highest BCUT2D eigenvalue weighted by Crippen LogP contribution is 2.59. The van der Waals surface area contributed by atoms with E-state index in [9.17, 15) is 14.9 Å². The molecule has 1 heterocycles. The maximum atomic E-state index is 12.5. The van der Waals surface area contributed by atoms with Crippen molar-refractivity contribution in [1.29, 1.82) is 0 Å². The van der Waals surface area contributed by atoms with Crippen LogP contribution in [0.25, 0.3) is 0 Å². The van der Waals surface area contributed by atoms with E-state index >= 15 is 0 Å². The fourth-order valence-electron chi connectivity index (χ4n) is 4.40. The molecule has 2 aromatic rings. The number of hydrogen-bond donors (Lipinski definition) is 1. The van der Waals surface area contributed by atoms with Gasteiger partial charge in [0.15, 0.2) is 0 Å². The zero-order chi connectivity index (χ0) is 18.3. The number of nitrogens with one attached hydrogen (secondary N) is 1. The summed E-state index contributed by atoms with van der Waals surface area (Å²) >= 11 is 0. The molecule has 0 radical (unpaired) electrons. The molecule has 2 atom stereocenters. The number of amides is 1. The van der Waals surface area contributed by atoms with E-state index in [-0.39, 0.29) is 22.6 Å². The number of carbonyl (C=O) groups excluding carboxylic acids is 1. The molecular formula is C20H21N3O3. The van der Waals surface area contributed by atoms with Crippen LogP contribution in [0.4, 0.5) is 5.69 Å². The molecule has 2 aliphatic rings. The van der Waals surface area contributed by atoms with Crippen LogP contribution >= 0.6 is 0 Å². The quantitative estimate of drug-likeness (QED) is 0.676. The molecule has 4 rings (SSSR count). The zero-order valence-electron chi connectivity index (χ0n) is 14.7. The molecule has 6 nitrogen and oxygen atoms in total. The zero-order valence-corrected chi connectivity index (χ0v) is 14.7. The third kappa shape index (κ3) is 2.75. The summed E-state index contributed by atoms with van der Waals surface area (Å²) < 4.78 is 0. The molecule has 1 aromatic heterocycles. The van der Waals surface area contributed by atoms with Crippen LogP contribution in [0.3, 0.4) is 0 Å². The van der Waals surface area contributed by atoms with Gasteiger partial charge in [-0.1, -0.05) is 24.3 Å². The summed E-state index contributed by atoms with van der Waals surface area (Å²) in [6.07, 6.45) is 5.77. The lowest BCUT2D eigenvalue weighted by Gasteiger charge is -2.26. The molecule has 2 aliphatic carbocycles. The van der Waals surface area contributed by atoms with Crippen LogP contribution in [-0.4, -0.2) is 22.4 Å². The lowest BCUT2D eigenvalue weighted by atomic mass is 9.78. The lowest BCUT2D eigenvalue weighted by molar-refractivity contribution is -0.385. The van der Waals surface area contributed by atoms with E-state index in [1.165, 1.54) is 36.2 Å². The van der Waals surface area contributed by atoms with Crippen LogP contribution in [0, 0.1) is 23.0 Å². The minimum atomic E-state index is -0.530. The topological polar surface area (TPSA) is 85.1 Å². The van der Waals surface area contributed by atoms with E-state index in [1.807, 2.05) is 0 Å². The van der Waals surface area contributed by atoms with Crippen LogP contribution in [0.1, 0.15) is 46.4 Å². The highest BCUT2D eigenvalue weighted by molar-refractivity contribution is 5.95. The van der Waals surface area contributed by atoms with E-state index in [2.05, 4.69) is 34.6 Å². The van der Waals surface area contributed by atoms with Crippen molar-refractivity contribution in [2.75, 3.05) is 6.54 Å². The third-order valence-corrected chi connectivity index (χ3v) is 5.89. The Morgan fingerprint density at radius 3 is 3.04 bits per heavy atom. The number of aromatic nitrogens is 1. The summed E-state index contributed by atoms with van der Waals surface area (Å²) in [6.45, 7) is 2.28. The molecule has 6 heteroatoms. The minimum Gasteiger partial charge on any atom is -0.352 e. The molecule has 134 valence electrons. The summed E-state index contributed by atoms with van der Waals surface area (Å²) in [4.78, 5) is 26.9. The predicted molar refractivity (Wildman–Crippen MR) is 97.1 cm³/mol. The average molecular weight is 351 g/mol. The van der Waals surface area contributed by atoms with Gasteiger partial charge in [0.25, 0.3) is 11.6 Å². The van der Waals surface area contributed by atoms with Gasteiger partial charge in [0, 0.05) is 18.0 Å². The number of hydrogen-bond acceptors (Lipinski definition) is 4. The first-order chi connectivity index (χ1) is 12.5. The fourth-order valence-corrected chi connectivity index (χ4v) is 4.40. The van der Waals surface area contributed by atoms with Gasteiger partial charge in [0.2, 0.25) is 0 Å². The fraction of sp³-hybridized carbons (Fsp3) is 0.400. The van der Waals surface area contributed by atoms with E-state index in [4.69, 9.17) is 0 Å². The van der Waals surface area contributed by atoms with Gasteiger partial charge in [-0.15, -0.1) is 0 Å². The van der Waals surface area contributed by atoms with Crippen molar-refractivity contribution in [3.05, 3.63) is 69.0 Å². The SMILES string of the molecule is Cc1ncc([N+](=O)[O-])cc1C(=O)NC[C@H]1C[C@@]12CCCc1ccccc12. The summed E-state index contributed by atoms with van der Waals surface area (Å²) in [5, 5.41) is 13.9. The van der Waals surface area contributed by atoms with Gasteiger partial charge in [-0.05, 0) is 49.7 Å². The van der Waals surface area contributed by atoms with Crippen LogP contribution in [-0.2, 0) is 11.8 Å².